The standard InChI is InChI=1S/C15H16N4OS/c1-3-16-9-13-18-19-15(21-13)20-12-6-4-5-11-8-7-10(2)17-14(11)12/h4-8,16H,3,9H2,1-2H3. The number of aryl methyl sites for hydroxylation is 1. The minimum absolute atomic E-state index is 0.540. The lowest BCUT2D eigenvalue weighted by Crippen LogP contribution is -2.11. The largest absolute Gasteiger partial charge is 0.427 e. The molecule has 0 bridgehead atoms. The number of rotatable bonds is 5. The Morgan fingerprint density at radius 2 is 2.10 bits per heavy atom. The van der Waals surface area contributed by atoms with Crippen molar-refractivity contribution in [1.82, 2.24) is 20.5 Å². The van der Waals surface area contributed by atoms with Gasteiger partial charge in [0.05, 0.1) is 0 Å². The molecule has 1 N–H and O–H groups in total. The summed E-state index contributed by atoms with van der Waals surface area (Å²) in [6.07, 6.45) is 0. The smallest absolute Gasteiger partial charge is 0.299 e. The van der Waals surface area contributed by atoms with Gasteiger partial charge in [0.2, 0.25) is 0 Å². The van der Waals surface area contributed by atoms with Crippen LogP contribution in [0, 0.1) is 6.92 Å². The van der Waals surface area contributed by atoms with Gasteiger partial charge in [0.15, 0.2) is 5.75 Å². The van der Waals surface area contributed by atoms with Gasteiger partial charge in [-0.2, -0.15) is 0 Å². The van der Waals surface area contributed by atoms with Crippen LogP contribution in [-0.4, -0.2) is 21.7 Å². The van der Waals surface area contributed by atoms with Gasteiger partial charge >= 0.3 is 0 Å². The van der Waals surface area contributed by atoms with E-state index in [9.17, 15) is 0 Å². The summed E-state index contributed by atoms with van der Waals surface area (Å²) in [5.74, 6) is 0.711. The first kappa shape index (κ1) is 13.9. The Balaban J connectivity index is 1.87. The molecule has 0 aliphatic carbocycles. The quantitative estimate of drug-likeness (QED) is 0.783. The Hall–Kier alpha value is -2.05. The number of nitrogens with one attached hydrogen (secondary N) is 1. The maximum absolute atomic E-state index is 5.86. The van der Waals surface area contributed by atoms with Crippen LogP contribution in [0.2, 0.25) is 0 Å². The summed E-state index contributed by atoms with van der Waals surface area (Å²) in [6.45, 7) is 5.64. The first-order valence-electron chi connectivity index (χ1n) is 6.83. The van der Waals surface area contributed by atoms with Gasteiger partial charge in [0.1, 0.15) is 10.5 Å². The zero-order chi connectivity index (χ0) is 14.7. The number of hydrogen-bond donors (Lipinski definition) is 1. The SMILES string of the molecule is CCNCc1nnc(Oc2cccc3ccc(C)nc23)s1. The Morgan fingerprint density at radius 1 is 1.19 bits per heavy atom. The number of nitrogens with zero attached hydrogens (tertiary/aromatic N) is 3. The van der Waals surface area contributed by atoms with Crippen LogP contribution in [0.4, 0.5) is 0 Å². The van der Waals surface area contributed by atoms with Crippen molar-refractivity contribution < 1.29 is 4.74 Å². The van der Waals surface area contributed by atoms with Gasteiger partial charge in [-0.1, -0.05) is 41.6 Å². The molecular weight excluding hydrogens is 284 g/mol. The van der Waals surface area contributed by atoms with E-state index in [1.165, 1.54) is 11.3 Å². The maximum Gasteiger partial charge on any atom is 0.299 e. The van der Waals surface area contributed by atoms with Gasteiger partial charge in [-0.05, 0) is 25.6 Å². The molecular formula is C15H16N4OS. The highest BCUT2D eigenvalue weighted by molar-refractivity contribution is 7.13. The summed E-state index contributed by atoms with van der Waals surface area (Å²) in [7, 11) is 0. The first-order chi connectivity index (χ1) is 10.3. The van der Waals surface area contributed by atoms with Crippen LogP contribution in [0.25, 0.3) is 10.9 Å². The highest BCUT2D eigenvalue weighted by Crippen LogP contribution is 2.30. The summed E-state index contributed by atoms with van der Waals surface area (Å²) in [5.41, 5.74) is 1.81. The summed E-state index contributed by atoms with van der Waals surface area (Å²) in [5, 5.41) is 13.9. The van der Waals surface area contributed by atoms with Crippen molar-refractivity contribution in [2.45, 2.75) is 20.4 Å². The molecule has 6 heteroatoms. The molecule has 0 fully saturated rings. The third-order valence-electron chi connectivity index (χ3n) is 2.99. The van der Waals surface area contributed by atoms with Crippen LogP contribution >= 0.6 is 11.3 Å². The maximum atomic E-state index is 5.86. The van der Waals surface area contributed by atoms with Crippen molar-refractivity contribution >= 4 is 22.2 Å². The van der Waals surface area contributed by atoms with E-state index in [0.29, 0.717) is 17.5 Å². The Bertz CT molecular complexity index is 756. The Morgan fingerprint density at radius 3 is 2.95 bits per heavy atom. The fraction of sp³-hybridized carbons (Fsp3) is 0.267. The average molecular weight is 300 g/mol. The van der Waals surface area contributed by atoms with Crippen molar-refractivity contribution in [3.05, 3.63) is 41.0 Å². The molecule has 0 atom stereocenters. The van der Waals surface area contributed by atoms with Gasteiger partial charge in [-0.3, -0.25) is 0 Å². The molecule has 0 saturated carbocycles. The van der Waals surface area contributed by atoms with E-state index >= 15 is 0 Å². The monoisotopic (exact) mass is 300 g/mol. The number of hydrogen-bond acceptors (Lipinski definition) is 6. The van der Waals surface area contributed by atoms with Crippen molar-refractivity contribution in [1.29, 1.82) is 0 Å². The Labute approximate surface area is 127 Å². The number of ether oxygens (including phenoxy) is 1. The minimum atomic E-state index is 0.540. The predicted molar refractivity (Wildman–Crippen MR) is 83.8 cm³/mol. The van der Waals surface area contributed by atoms with Crippen LogP contribution in [-0.2, 0) is 6.54 Å². The number of benzene rings is 1. The number of aromatic nitrogens is 3. The van der Waals surface area contributed by atoms with Crippen molar-refractivity contribution in [3.63, 3.8) is 0 Å². The van der Waals surface area contributed by atoms with E-state index in [1.807, 2.05) is 37.3 Å². The molecule has 0 aliphatic rings. The predicted octanol–water partition coefficient (Wildman–Crippen LogP) is 3.30. The molecule has 108 valence electrons. The molecule has 2 heterocycles. The third kappa shape index (κ3) is 3.17. The molecule has 0 spiro atoms. The molecule has 5 nitrogen and oxygen atoms in total. The van der Waals surface area contributed by atoms with Crippen LogP contribution in [0.5, 0.6) is 10.9 Å². The van der Waals surface area contributed by atoms with E-state index in [1.54, 1.807) is 0 Å². The molecule has 1 aromatic carbocycles. The van der Waals surface area contributed by atoms with E-state index in [-0.39, 0.29) is 0 Å². The van der Waals surface area contributed by atoms with Crippen LogP contribution in [0.1, 0.15) is 17.6 Å². The van der Waals surface area contributed by atoms with Crippen molar-refractivity contribution in [3.8, 4) is 10.9 Å². The summed E-state index contributed by atoms with van der Waals surface area (Å²) >= 11 is 1.45. The average Bonchev–Trinajstić information content (AvgIpc) is 2.93. The molecule has 0 amide bonds. The third-order valence-corrected chi connectivity index (χ3v) is 3.80. The van der Waals surface area contributed by atoms with Crippen molar-refractivity contribution in [2.24, 2.45) is 0 Å². The highest BCUT2D eigenvalue weighted by atomic mass is 32.1. The first-order valence-corrected chi connectivity index (χ1v) is 7.65. The lowest BCUT2D eigenvalue weighted by atomic mass is 10.2. The van der Waals surface area contributed by atoms with Crippen LogP contribution in [0.15, 0.2) is 30.3 Å². The lowest BCUT2D eigenvalue weighted by Gasteiger charge is -2.05. The second-order valence-electron chi connectivity index (χ2n) is 4.62. The minimum Gasteiger partial charge on any atom is -0.427 e. The number of para-hydroxylation sites is 1. The molecule has 0 unspecified atom stereocenters. The highest BCUT2D eigenvalue weighted by Gasteiger charge is 2.09. The molecule has 21 heavy (non-hydrogen) atoms. The molecule has 3 rings (SSSR count). The fourth-order valence-electron chi connectivity index (χ4n) is 1.98. The molecule has 0 radical (unpaired) electrons. The van der Waals surface area contributed by atoms with Gasteiger partial charge in [0.25, 0.3) is 5.19 Å². The second-order valence-corrected chi connectivity index (χ2v) is 5.65. The van der Waals surface area contributed by atoms with Gasteiger partial charge in [0, 0.05) is 17.6 Å². The summed E-state index contributed by atoms with van der Waals surface area (Å²) in [6, 6.07) is 9.91. The lowest BCUT2D eigenvalue weighted by molar-refractivity contribution is 0.477. The van der Waals surface area contributed by atoms with Gasteiger partial charge in [-0.25, -0.2) is 4.98 Å². The topological polar surface area (TPSA) is 59.9 Å². The van der Waals surface area contributed by atoms with E-state index in [0.717, 1.165) is 28.1 Å². The zero-order valence-electron chi connectivity index (χ0n) is 12.0. The second kappa shape index (κ2) is 6.15. The van der Waals surface area contributed by atoms with E-state index < -0.39 is 0 Å². The molecule has 3 aromatic rings. The normalized spacial score (nSPS) is 11.0. The van der Waals surface area contributed by atoms with Crippen molar-refractivity contribution in [2.75, 3.05) is 6.54 Å². The van der Waals surface area contributed by atoms with Gasteiger partial charge < -0.3 is 10.1 Å². The van der Waals surface area contributed by atoms with E-state index in [4.69, 9.17) is 4.74 Å². The van der Waals surface area contributed by atoms with Crippen LogP contribution < -0.4 is 10.1 Å². The van der Waals surface area contributed by atoms with Crippen LogP contribution in [0.3, 0.4) is 0 Å². The summed E-state index contributed by atoms with van der Waals surface area (Å²) < 4.78 is 5.86. The Kier molecular flexibility index (Phi) is 4.08. The molecule has 2 aromatic heterocycles. The zero-order valence-corrected chi connectivity index (χ0v) is 12.8. The van der Waals surface area contributed by atoms with E-state index in [2.05, 4.69) is 27.4 Å². The molecule has 0 aliphatic heterocycles. The fourth-order valence-corrected chi connectivity index (χ4v) is 2.65. The number of fused-ring (bicyclic) bond motifs is 1. The molecule has 0 saturated heterocycles. The summed E-state index contributed by atoms with van der Waals surface area (Å²) in [4.78, 5) is 4.55. The number of pyridine rings is 1. The van der Waals surface area contributed by atoms with Gasteiger partial charge in [-0.15, -0.1) is 5.10 Å².